The van der Waals surface area contributed by atoms with Gasteiger partial charge in [-0.25, -0.2) is 9.59 Å². The van der Waals surface area contributed by atoms with Crippen LogP contribution in [0.1, 0.15) is 43.0 Å². The quantitative estimate of drug-likeness (QED) is 0.143. The lowest BCUT2D eigenvalue weighted by Crippen LogP contribution is -2.10. The number of nitrogens with zero attached hydrogens (tertiary/aromatic N) is 1. The zero-order valence-corrected chi connectivity index (χ0v) is 21.7. The van der Waals surface area contributed by atoms with Crippen LogP contribution in [-0.4, -0.2) is 39.7 Å². The fraction of sp³-hybridized carbons (Fsp3) is 0.0938. The normalized spacial score (nSPS) is 10.9. The third kappa shape index (κ3) is 5.15. The Hall–Kier alpha value is -5.37. The van der Waals surface area contributed by atoms with Gasteiger partial charge >= 0.3 is 11.9 Å². The first kappa shape index (κ1) is 26.2. The molecular weight excluding hydrogens is 506 g/mol. The second kappa shape index (κ2) is 10.8. The molecule has 200 valence electrons. The van der Waals surface area contributed by atoms with Gasteiger partial charge in [-0.2, -0.15) is 0 Å². The molecule has 40 heavy (non-hydrogen) atoms. The molecule has 0 saturated heterocycles. The first-order valence-electron chi connectivity index (χ1n) is 12.5. The molecule has 0 aliphatic rings. The summed E-state index contributed by atoms with van der Waals surface area (Å²) in [5.41, 5.74) is 11.2. The van der Waals surface area contributed by atoms with Crippen LogP contribution >= 0.6 is 0 Å². The first-order valence-corrected chi connectivity index (χ1v) is 12.5. The standard InChI is InChI=1S/C32H27N3O5/c1-40-24-10-11-25(28(16-24)32(38)39)26-15-21(31(36)37)7-8-22(26)17-35-18-23(13-19-5-3-2-4-6-19)27-14-20(30(33)34)9-12-29(27)35/h2-12,14-16,18H,13,17H2,1H3,(H3,33,34)(H,36,37)(H,38,39). The van der Waals surface area contributed by atoms with Gasteiger partial charge in [0.2, 0.25) is 0 Å². The molecule has 0 radical (unpaired) electrons. The van der Waals surface area contributed by atoms with Crippen LogP contribution < -0.4 is 10.5 Å². The minimum absolute atomic E-state index is 0.0105. The van der Waals surface area contributed by atoms with E-state index in [1.807, 2.05) is 36.5 Å². The van der Waals surface area contributed by atoms with Crippen molar-refractivity contribution in [3.05, 3.63) is 125 Å². The summed E-state index contributed by atoms with van der Waals surface area (Å²) >= 11 is 0. The van der Waals surface area contributed by atoms with E-state index >= 15 is 0 Å². The van der Waals surface area contributed by atoms with Crippen molar-refractivity contribution in [2.24, 2.45) is 5.73 Å². The van der Waals surface area contributed by atoms with Crippen LogP contribution in [0.4, 0.5) is 0 Å². The number of carbonyl (C=O) groups is 2. The molecule has 0 unspecified atom stereocenters. The third-order valence-corrected chi connectivity index (χ3v) is 6.96. The molecule has 1 heterocycles. The summed E-state index contributed by atoms with van der Waals surface area (Å²) in [6.45, 7) is 0.352. The van der Waals surface area contributed by atoms with E-state index in [4.69, 9.17) is 15.9 Å². The molecule has 0 amide bonds. The Labute approximate surface area is 230 Å². The van der Waals surface area contributed by atoms with Gasteiger partial charge < -0.3 is 25.3 Å². The van der Waals surface area contributed by atoms with E-state index in [2.05, 4.69) is 16.7 Å². The number of fused-ring (bicyclic) bond motifs is 1. The zero-order chi connectivity index (χ0) is 28.4. The van der Waals surface area contributed by atoms with E-state index in [1.165, 1.54) is 25.3 Å². The summed E-state index contributed by atoms with van der Waals surface area (Å²) in [6, 6.07) is 25.2. The Morgan fingerprint density at radius 1 is 0.850 bits per heavy atom. The number of nitrogen functional groups attached to an aromatic ring is 1. The van der Waals surface area contributed by atoms with Gasteiger partial charge in [0.15, 0.2) is 0 Å². The van der Waals surface area contributed by atoms with E-state index in [0.717, 1.165) is 27.6 Å². The summed E-state index contributed by atoms with van der Waals surface area (Å²) in [5.74, 6) is -1.88. The summed E-state index contributed by atoms with van der Waals surface area (Å²) in [5, 5.41) is 28.5. The highest BCUT2D eigenvalue weighted by molar-refractivity contribution is 6.00. The number of aromatic carboxylic acids is 2. The molecule has 4 aromatic carbocycles. The van der Waals surface area contributed by atoms with Gasteiger partial charge in [0.1, 0.15) is 11.6 Å². The van der Waals surface area contributed by atoms with Crippen LogP contribution in [0.25, 0.3) is 22.0 Å². The summed E-state index contributed by atoms with van der Waals surface area (Å²) < 4.78 is 7.28. The molecule has 5 rings (SSSR count). The molecule has 0 atom stereocenters. The number of amidine groups is 1. The van der Waals surface area contributed by atoms with Crippen LogP contribution in [-0.2, 0) is 13.0 Å². The van der Waals surface area contributed by atoms with Crippen LogP contribution in [0.5, 0.6) is 5.75 Å². The summed E-state index contributed by atoms with van der Waals surface area (Å²) in [4.78, 5) is 24.0. The van der Waals surface area contributed by atoms with E-state index in [1.54, 1.807) is 24.3 Å². The maximum atomic E-state index is 12.2. The third-order valence-electron chi connectivity index (χ3n) is 6.96. The molecule has 5 aromatic rings. The predicted molar refractivity (Wildman–Crippen MR) is 154 cm³/mol. The Morgan fingerprint density at radius 3 is 2.27 bits per heavy atom. The average molecular weight is 534 g/mol. The molecule has 0 spiro atoms. The lowest BCUT2D eigenvalue weighted by atomic mass is 9.93. The molecule has 0 aliphatic carbocycles. The van der Waals surface area contributed by atoms with E-state index in [9.17, 15) is 19.8 Å². The minimum Gasteiger partial charge on any atom is -0.497 e. The van der Waals surface area contributed by atoms with Crippen molar-refractivity contribution in [2.75, 3.05) is 7.11 Å². The van der Waals surface area contributed by atoms with Gasteiger partial charge in [-0.1, -0.05) is 36.4 Å². The number of nitrogens with two attached hydrogens (primary N) is 1. The molecular formula is C32H27N3O5. The van der Waals surface area contributed by atoms with Gasteiger partial charge in [-0.05, 0) is 82.8 Å². The van der Waals surface area contributed by atoms with Crippen LogP contribution in [0.2, 0.25) is 0 Å². The SMILES string of the molecule is COc1ccc(-c2cc(C(=O)O)ccc2Cn2cc(Cc3ccccc3)c3cc(C(=N)N)ccc32)c(C(=O)O)c1. The highest BCUT2D eigenvalue weighted by atomic mass is 16.5. The largest absolute Gasteiger partial charge is 0.497 e. The number of carboxylic acids is 2. The topological polar surface area (TPSA) is 139 Å². The average Bonchev–Trinajstić information content (AvgIpc) is 3.29. The number of carboxylic acid groups (broad SMARTS) is 2. The van der Waals surface area contributed by atoms with Gasteiger partial charge in [-0.3, -0.25) is 5.41 Å². The molecule has 5 N–H and O–H groups in total. The zero-order valence-electron chi connectivity index (χ0n) is 21.7. The van der Waals surface area contributed by atoms with Crippen molar-refractivity contribution in [3.8, 4) is 16.9 Å². The number of rotatable bonds is 9. The molecule has 0 bridgehead atoms. The Bertz CT molecular complexity index is 1770. The summed E-state index contributed by atoms with van der Waals surface area (Å²) in [7, 11) is 1.46. The van der Waals surface area contributed by atoms with Gasteiger partial charge in [0.05, 0.1) is 18.2 Å². The predicted octanol–water partition coefficient (Wildman–Crippen LogP) is 5.64. The monoisotopic (exact) mass is 533 g/mol. The summed E-state index contributed by atoms with van der Waals surface area (Å²) in [6.07, 6.45) is 2.71. The Morgan fingerprint density at radius 2 is 1.60 bits per heavy atom. The molecule has 1 aromatic heterocycles. The smallest absolute Gasteiger partial charge is 0.336 e. The molecule has 0 saturated carbocycles. The lowest BCUT2D eigenvalue weighted by Gasteiger charge is -2.15. The van der Waals surface area contributed by atoms with Crippen molar-refractivity contribution in [1.82, 2.24) is 4.57 Å². The molecule has 8 heteroatoms. The van der Waals surface area contributed by atoms with Crippen LogP contribution in [0.3, 0.4) is 0 Å². The minimum atomic E-state index is -1.14. The van der Waals surface area contributed by atoms with Gasteiger partial charge in [0.25, 0.3) is 0 Å². The fourth-order valence-corrected chi connectivity index (χ4v) is 4.97. The second-order valence-electron chi connectivity index (χ2n) is 9.48. The molecule has 8 nitrogen and oxygen atoms in total. The van der Waals surface area contributed by atoms with Crippen LogP contribution in [0.15, 0.2) is 91.1 Å². The Kier molecular flexibility index (Phi) is 7.07. The van der Waals surface area contributed by atoms with E-state index in [-0.39, 0.29) is 17.0 Å². The highest BCUT2D eigenvalue weighted by Gasteiger charge is 2.19. The van der Waals surface area contributed by atoms with Crippen molar-refractivity contribution in [3.63, 3.8) is 0 Å². The number of hydrogen-bond donors (Lipinski definition) is 4. The lowest BCUT2D eigenvalue weighted by molar-refractivity contribution is 0.0687. The van der Waals surface area contributed by atoms with Crippen molar-refractivity contribution in [1.29, 1.82) is 5.41 Å². The Balaban J connectivity index is 1.67. The van der Waals surface area contributed by atoms with E-state index < -0.39 is 11.9 Å². The maximum absolute atomic E-state index is 12.2. The van der Waals surface area contributed by atoms with Crippen molar-refractivity contribution in [2.45, 2.75) is 13.0 Å². The molecule has 0 fully saturated rings. The van der Waals surface area contributed by atoms with Gasteiger partial charge in [0, 0.05) is 29.2 Å². The number of methoxy groups -OCH3 is 1. The number of benzene rings is 4. The maximum Gasteiger partial charge on any atom is 0.336 e. The van der Waals surface area contributed by atoms with Crippen molar-refractivity contribution < 1.29 is 24.5 Å². The highest BCUT2D eigenvalue weighted by Crippen LogP contribution is 2.33. The second-order valence-corrected chi connectivity index (χ2v) is 9.48. The number of ether oxygens (including phenoxy) is 1. The molecule has 0 aliphatic heterocycles. The van der Waals surface area contributed by atoms with Crippen LogP contribution in [0, 0.1) is 5.41 Å². The van der Waals surface area contributed by atoms with Crippen molar-refractivity contribution >= 4 is 28.7 Å². The number of aromatic nitrogens is 1. The fourth-order valence-electron chi connectivity index (χ4n) is 4.97. The van der Waals surface area contributed by atoms with E-state index in [0.29, 0.717) is 35.4 Å². The number of hydrogen-bond acceptors (Lipinski definition) is 4. The first-order chi connectivity index (χ1) is 19.2. The number of nitrogens with one attached hydrogen (secondary N) is 1. The van der Waals surface area contributed by atoms with Gasteiger partial charge in [-0.15, -0.1) is 0 Å².